The van der Waals surface area contributed by atoms with E-state index in [1.54, 1.807) is 0 Å². The van der Waals surface area contributed by atoms with Gasteiger partial charge in [-0.05, 0) is 24.5 Å². The molecule has 98 valence electrons. The number of hydrogen-bond donors (Lipinski definition) is 2. The zero-order valence-electron chi connectivity index (χ0n) is 9.58. The first kappa shape index (κ1) is 12.7. The van der Waals surface area contributed by atoms with Crippen molar-refractivity contribution in [3.63, 3.8) is 0 Å². The first-order valence-electron chi connectivity index (χ1n) is 5.48. The molecule has 0 spiro atoms. The number of rotatable bonds is 2. The highest BCUT2D eigenvalue weighted by atomic mass is 19.4. The standard InChI is InChI=1S/C11H12F3N3O/c1-6-5-7(6)15-10(18)17-9-4-2-3-8(16-9)11(12,13)14/h2-4,6-7H,5H2,1H3,(H2,15,16,17,18). The molecule has 0 aromatic carbocycles. The molecule has 1 aromatic heterocycles. The van der Waals surface area contributed by atoms with Gasteiger partial charge in [0.15, 0.2) is 0 Å². The maximum atomic E-state index is 12.4. The Kier molecular flexibility index (Phi) is 3.14. The maximum Gasteiger partial charge on any atom is 0.433 e. The summed E-state index contributed by atoms with van der Waals surface area (Å²) in [5.41, 5.74) is -1.03. The van der Waals surface area contributed by atoms with Crippen molar-refractivity contribution in [3.05, 3.63) is 23.9 Å². The molecule has 1 heterocycles. The molecule has 1 aromatic rings. The third-order valence-corrected chi connectivity index (χ3v) is 2.71. The SMILES string of the molecule is CC1CC1NC(=O)Nc1cccc(C(F)(F)F)n1. The van der Waals surface area contributed by atoms with Gasteiger partial charge in [-0.2, -0.15) is 13.2 Å². The van der Waals surface area contributed by atoms with Crippen LogP contribution >= 0.6 is 0 Å². The van der Waals surface area contributed by atoms with Crippen LogP contribution in [-0.4, -0.2) is 17.1 Å². The van der Waals surface area contributed by atoms with Crippen LogP contribution in [0.4, 0.5) is 23.8 Å². The van der Waals surface area contributed by atoms with E-state index in [0.717, 1.165) is 12.5 Å². The van der Waals surface area contributed by atoms with Gasteiger partial charge in [0.25, 0.3) is 0 Å². The predicted molar refractivity (Wildman–Crippen MR) is 59.0 cm³/mol. The summed E-state index contributed by atoms with van der Waals surface area (Å²) in [5, 5.41) is 4.92. The zero-order valence-corrected chi connectivity index (χ0v) is 9.58. The lowest BCUT2D eigenvalue weighted by molar-refractivity contribution is -0.141. The van der Waals surface area contributed by atoms with E-state index in [4.69, 9.17) is 0 Å². The summed E-state index contributed by atoms with van der Waals surface area (Å²) in [5.74, 6) is 0.306. The second-order valence-electron chi connectivity index (χ2n) is 4.32. The van der Waals surface area contributed by atoms with E-state index >= 15 is 0 Å². The van der Waals surface area contributed by atoms with Crippen LogP contribution in [0, 0.1) is 5.92 Å². The van der Waals surface area contributed by atoms with Crippen LogP contribution in [0.5, 0.6) is 0 Å². The van der Waals surface area contributed by atoms with Crippen molar-refractivity contribution in [2.45, 2.75) is 25.6 Å². The zero-order chi connectivity index (χ0) is 13.3. The molecule has 0 radical (unpaired) electrons. The summed E-state index contributed by atoms with van der Waals surface area (Å²) < 4.78 is 37.2. The van der Waals surface area contributed by atoms with Gasteiger partial charge in [-0.1, -0.05) is 13.0 Å². The molecular formula is C11H12F3N3O. The molecule has 2 unspecified atom stereocenters. The molecule has 0 aliphatic heterocycles. The van der Waals surface area contributed by atoms with Crippen LogP contribution in [0.1, 0.15) is 19.0 Å². The van der Waals surface area contributed by atoms with Gasteiger partial charge < -0.3 is 5.32 Å². The molecule has 1 aliphatic rings. The lowest BCUT2D eigenvalue weighted by atomic mass is 10.3. The molecule has 1 fully saturated rings. The molecule has 1 saturated carbocycles. The summed E-state index contributed by atoms with van der Waals surface area (Å²) in [6.07, 6.45) is -3.62. The highest BCUT2D eigenvalue weighted by molar-refractivity contribution is 5.88. The molecule has 0 bridgehead atoms. The van der Waals surface area contributed by atoms with Crippen molar-refractivity contribution >= 4 is 11.8 Å². The van der Waals surface area contributed by atoms with E-state index in [-0.39, 0.29) is 11.9 Å². The number of aromatic nitrogens is 1. The summed E-state index contributed by atoms with van der Waals surface area (Å²) in [4.78, 5) is 14.8. The fourth-order valence-electron chi connectivity index (χ4n) is 1.51. The van der Waals surface area contributed by atoms with Crippen molar-refractivity contribution in [3.8, 4) is 0 Å². The second kappa shape index (κ2) is 4.47. The van der Waals surface area contributed by atoms with Gasteiger partial charge in [-0.15, -0.1) is 0 Å². The molecule has 0 saturated heterocycles. The monoisotopic (exact) mass is 259 g/mol. The van der Waals surface area contributed by atoms with Crippen LogP contribution < -0.4 is 10.6 Å². The number of pyridine rings is 1. The van der Waals surface area contributed by atoms with Crippen LogP contribution in [0.3, 0.4) is 0 Å². The molecule has 2 amide bonds. The van der Waals surface area contributed by atoms with E-state index in [2.05, 4.69) is 15.6 Å². The molecule has 2 N–H and O–H groups in total. The van der Waals surface area contributed by atoms with Crippen LogP contribution in [0.25, 0.3) is 0 Å². The fraction of sp³-hybridized carbons (Fsp3) is 0.455. The van der Waals surface area contributed by atoms with E-state index in [0.29, 0.717) is 5.92 Å². The minimum absolute atomic E-state index is 0.107. The fourth-order valence-corrected chi connectivity index (χ4v) is 1.51. The van der Waals surface area contributed by atoms with Crippen molar-refractivity contribution < 1.29 is 18.0 Å². The Labute approximate surface area is 102 Å². The Balaban J connectivity index is 1.98. The van der Waals surface area contributed by atoms with E-state index in [1.165, 1.54) is 12.1 Å². The van der Waals surface area contributed by atoms with Crippen molar-refractivity contribution in [1.29, 1.82) is 0 Å². The van der Waals surface area contributed by atoms with Gasteiger partial charge >= 0.3 is 12.2 Å². The average Bonchev–Trinajstić information content (AvgIpc) is 2.93. The van der Waals surface area contributed by atoms with Crippen LogP contribution in [0.2, 0.25) is 0 Å². The van der Waals surface area contributed by atoms with Gasteiger partial charge in [-0.3, -0.25) is 5.32 Å². The molecule has 1 aliphatic carbocycles. The van der Waals surface area contributed by atoms with E-state index < -0.39 is 17.9 Å². The lowest BCUT2D eigenvalue weighted by Gasteiger charge is -2.09. The quantitative estimate of drug-likeness (QED) is 0.857. The van der Waals surface area contributed by atoms with Gasteiger partial charge in [-0.25, -0.2) is 9.78 Å². The molecule has 7 heteroatoms. The molecule has 2 rings (SSSR count). The smallest absolute Gasteiger partial charge is 0.335 e. The van der Waals surface area contributed by atoms with Crippen LogP contribution in [0.15, 0.2) is 18.2 Å². The number of nitrogens with zero attached hydrogens (tertiary/aromatic N) is 1. The van der Waals surface area contributed by atoms with Gasteiger partial charge in [0.1, 0.15) is 11.5 Å². The minimum Gasteiger partial charge on any atom is -0.335 e. The Morgan fingerprint density at radius 3 is 2.67 bits per heavy atom. The lowest BCUT2D eigenvalue weighted by Crippen LogP contribution is -2.31. The minimum atomic E-state index is -4.51. The Bertz CT molecular complexity index is 461. The highest BCUT2D eigenvalue weighted by Gasteiger charge is 2.34. The van der Waals surface area contributed by atoms with Crippen molar-refractivity contribution in [2.24, 2.45) is 5.92 Å². The van der Waals surface area contributed by atoms with E-state index in [1.807, 2.05) is 6.92 Å². The Morgan fingerprint density at radius 2 is 2.11 bits per heavy atom. The van der Waals surface area contributed by atoms with Gasteiger partial charge in [0.2, 0.25) is 0 Å². The Morgan fingerprint density at radius 1 is 1.44 bits per heavy atom. The molecule has 4 nitrogen and oxygen atoms in total. The van der Waals surface area contributed by atoms with E-state index in [9.17, 15) is 18.0 Å². The number of halogens is 3. The number of nitrogens with one attached hydrogen (secondary N) is 2. The molecular weight excluding hydrogens is 247 g/mol. The predicted octanol–water partition coefficient (Wildman–Crippen LogP) is 2.63. The van der Waals surface area contributed by atoms with Gasteiger partial charge in [0.05, 0.1) is 0 Å². The van der Waals surface area contributed by atoms with Crippen molar-refractivity contribution in [1.82, 2.24) is 10.3 Å². The molecule has 18 heavy (non-hydrogen) atoms. The molecule has 2 atom stereocenters. The topological polar surface area (TPSA) is 54.0 Å². The average molecular weight is 259 g/mol. The number of urea groups is 1. The normalized spacial score (nSPS) is 22.4. The number of carbonyl (C=O) groups is 1. The van der Waals surface area contributed by atoms with Crippen molar-refractivity contribution in [2.75, 3.05) is 5.32 Å². The maximum absolute atomic E-state index is 12.4. The largest absolute Gasteiger partial charge is 0.433 e. The number of hydrogen-bond acceptors (Lipinski definition) is 2. The highest BCUT2D eigenvalue weighted by Crippen LogP contribution is 2.29. The number of alkyl halides is 3. The number of anilines is 1. The first-order valence-corrected chi connectivity index (χ1v) is 5.48. The summed E-state index contributed by atoms with van der Waals surface area (Å²) in [6, 6.07) is 2.94. The Hall–Kier alpha value is -1.79. The summed E-state index contributed by atoms with van der Waals surface area (Å²) >= 11 is 0. The summed E-state index contributed by atoms with van der Waals surface area (Å²) in [7, 11) is 0. The van der Waals surface area contributed by atoms with Gasteiger partial charge in [0, 0.05) is 6.04 Å². The third-order valence-electron chi connectivity index (χ3n) is 2.71. The number of carbonyl (C=O) groups excluding carboxylic acids is 1. The third kappa shape index (κ3) is 3.12. The second-order valence-corrected chi connectivity index (χ2v) is 4.32. The summed E-state index contributed by atoms with van der Waals surface area (Å²) in [6.45, 7) is 1.98. The number of amides is 2. The van der Waals surface area contributed by atoms with Crippen LogP contribution in [-0.2, 0) is 6.18 Å². The first-order chi connectivity index (χ1) is 8.36.